The second kappa shape index (κ2) is 3.30. The zero-order chi connectivity index (χ0) is 8.27. The van der Waals surface area contributed by atoms with Crippen LogP contribution in [0, 0.1) is 0 Å². The Bertz CT molecular complexity index is 238. The van der Waals surface area contributed by atoms with Crippen molar-refractivity contribution in [1.29, 1.82) is 0 Å². The van der Waals surface area contributed by atoms with Gasteiger partial charge in [-0.2, -0.15) is 0 Å². The van der Waals surface area contributed by atoms with Gasteiger partial charge in [0.15, 0.2) is 0 Å². The van der Waals surface area contributed by atoms with Gasteiger partial charge in [-0.15, -0.1) is 0 Å². The van der Waals surface area contributed by atoms with Crippen LogP contribution in [0.15, 0.2) is 24.3 Å². The summed E-state index contributed by atoms with van der Waals surface area (Å²) in [6.07, 6.45) is 0.824. The fraction of sp³-hybridized carbons (Fsp3) is 0.222. The van der Waals surface area contributed by atoms with Crippen LogP contribution in [0.2, 0.25) is 0 Å². The molecule has 0 aliphatic heterocycles. The molecule has 2 nitrogen and oxygen atoms in total. The number of hydrogen-bond donors (Lipinski definition) is 1. The zero-order valence-corrected chi connectivity index (χ0v) is 6.45. The lowest BCUT2D eigenvalue weighted by molar-refractivity contribution is 0.112. The van der Waals surface area contributed by atoms with E-state index in [1.807, 2.05) is 19.1 Å². The first-order valence-corrected chi connectivity index (χ1v) is 3.55. The van der Waals surface area contributed by atoms with Gasteiger partial charge in [0.2, 0.25) is 0 Å². The molecule has 11 heavy (non-hydrogen) atoms. The van der Waals surface area contributed by atoms with Gasteiger partial charge in [0.25, 0.3) is 0 Å². The van der Waals surface area contributed by atoms with E-state index in [1.165, 1.54) is 0 Å². The van der Waals surface area contributed by atoms with Crippen LogP contribution in [-0.4, -0.2) is 6.29 Å². The quantitative estimate of drug-likeness (QED) is 0.648. The van der Waals surface area contributed by atoms with Crippen molar-refractivity contribution in [3.8, 4) is 0 Å². The van der Waals surface area contributed by atoms with Crippen molar-refractivity contribution < 1.29 is 4.79 Å². The molecule has 2 N–H and O–H groups in total. The predicted octanol–water partition coefficient (Wildman–Crippen LogP) is 1.52. The van der Waals surface area contributed by atoms with Gasteiger partial charge in [0, 0.05) is 11.6 Å². The molecule has 0 aliphatic carbocycles. The van der Waals surface area contributed by atoms with E-state index in [0.717, 1.165) is 11.8 Å². The summed E-state index contributed by atoms with van der Waals surface area (Å²) in [5.74, 6) is 0. The van der Waals surface area contributed by atoms with Gasteiger partial charge in [-0.05, 0) is 12.5 Å². The number of aldehydes is 1. The lowest BCUT2D eigenvalue weighted by Crippen LogP contribution is -2.04. The van der Waals surface area contributed by atoms with E-state index in [-0.39, 0.29) is 6.04 Å². The summed E-state index contributed by atoms with van der Waals surface area (Å²) in [5.41, 5.74) is 7.36. The maximum Gasteiger partial charge on any atom is 0.150 e. The largest absolute Gasteiger partial charge is 0.324 e. The van der Waals surface area contributed by atoms with Crippen molar-refractivity contribution in [3.05, 3.63) is 35.4 Å². The minimum absolute atomic E-state index is 0.0377. The van der Waals surface area contributed by atoms with E-state index < -0.39 is 0 Å². The second-order valence-corrected chi connectivity index (χ2v) is 2.57. The summed E-state index contributed by atoms with van der Waals surface area (Å²) < 4.78 is 0. The van der Waals surface area contributed by atoms with Gasteiger partial charge in [-0.1, -0.05) is 24.3 Å². The van der Waals surface area contributed by atoms with E-state index in [0.29, 0.717) is 5.56 Å². The molecule has 0 saturated carbocycles. The minimum Gasteiger partial charge on any atom is -0.324 e. The maximum atomic E-state index is 10.3. The number of nitrogens with two attached hydrogens (primary N) is 1. The Labute approximate surface area is 66.0 Å². The van der Waals surface area contributed by atoms with E-state index in [2.05, 4.69) is 0 Å². The van der Waals surface area contributed by atoms with Crippen molar-refractivity contribution in [2.75, 3.05) is 0 Å². The summed E-state index contributed by atoms with van der Waals surface area (Å²) >= 11 is 0. The first-order valence-electron chi connectivity index (χ1n) is 3.55. The Hall–Kier alpha value is -1.15. The average Bonchev–Trinajstić information content (AvgIpc) is 2.05. The molecule has 58 valence electrons. The molecule has 0 saturated heterocycles. The Kier molecular flexibility index (Phi) is 2.39. The van der Waals surface area contributed by atoms with Gasteiger partial charge in [0.05, 0.1) is 0 Å². The molecule has 0 aromatic heterocycles. The van der Waals surface area contributed by atoms with Crippen LogP contribution in [-0.2, 0) is 0 Å². The van der Waals surface area contributed by atoms with Crippen LogP contribution in [0.4, 0.5) is 0 Å². The number of benzene rings is 1. The van der Waals surface area contributed by atoms with Crippen LogP contribution < -0.4 is 5.73 Å². The summed E-state index contributed by atoms with van der Waals surface area (Å²) in [7, 11) is 0. The van der Waals surface area contributed by atoms with Crippen LogP contribution in [0.25, 0.3) is 0 Å². The molecule has 1 aromatic rings. The molecule has 1 atom stereocenters. The fourth-order valence-corrected chi connectivity index (χ4v) is 0.878. The predicted molar refractivity (Wildman–Crippen MR) is 44.4 cm³/mol. The highest BCUT2D eigenvalue weighted by molar-refractivity contribution is 5.74. The Morgan fingerprint density at radius 3 is 2.27 bits per heavy atom. The molecule has 0 fully saturated rings. The van der Waals surface area contributed by atoms with E-state index in [4.69, 9.17) is 5.73 Å². The highest BCUT2D eigenvalue weighted by Crippen LogP contribution is 2.09. The van der Waals surface area contributed by atoms with Crippen LogP contribution in [0.1, 0.15) is 28.9 Å². The molecule has 1 aromatic carbocycles. The van der Waals surface area contributed by atoms with Crippen molar-refractivity contribution >= 4 is 6.29 Å². The monoisotopic (exact) mass is 149 g/mol. The summed E-state index contributed by atoms with van der Waals surface area (Å²) in [5, 5.41) is 0. The summed E-state index contributed by atoms with van der Waals surface area (Å²) in [4.78, 5) is 10.3. The Balaban J connectivity index is 2.91. The normalized spacial score (nSPS) is 12.5. The first-order chi connectivity index (χ1) is 5.24. The first kappa shape index (κ1) is 7.95. The number of hydrogen-bond acceptors (Lipinski definition) is 2. The van der Waals surface area contributed by atoms with Crippen LogP contribution in [0.5, 0.6) is 0 Å². The van der Waals surface area contributed by atoms with E-state index in [1.54, 1.807) is 12.1 Å². The maximum absolute atomic E-state index is 10.3. The number of carbonyl (C=O) groups excluding carboxylic acids is 1. The molecular formula is C9H11NO. The average molecular weight is 149 g/mol. The van der Waals surface area contributed by atoms with Gasteiger partial charge in [-0.25, -0.2) is 0 Å². The molecule has 2 heteroatoms. The van der Waals surface area contributed by atoms with Gasteiger partial charge in [0.1, 0.15) is 6.29 Å². The lowest BCUT2D eigenvalue weighted by Gasteiger charge is -2.03. The van der Waals surface area contributed by atoms with Crippen LogP contribution in [0.3, 0.4) is 0 Å². The molecule has 0 radical (unpaired) electrons. The molecule has 0 bridgehead atoms. The summed E-state index contributed by atoms with van der Waals surface area (Å²) in [6, 6.07) is 7.32. The van der Waals surface area contributed by atoms with Crippen molar-refractivity contribution in [3.63, 3.8) is 0 Å². The fourth-order valence-electron chi connectivity index (χ4n) is 0.878. The highest BCUT2D eigenvalue weighted by Gasteiger charge is 1.97. The molecule has 0 aliphatic rings. The minimum atomic E-state index is 0.0377. The highest BCUT2D eigenvalue weighted by atomic mass is 16.1. The third-order valence-corrected chi connectivity index (χ3v) is 1.60. The van der Waals surface area contributed by atoms with Gasteiger partial charge < -0.3 is 5.73 Å². The number of carbonyl (C=O) groups is 1. The van der Waals surface area contributed by atoms with E-state index >= 15 is 0 Å². The molecule has 0 spiro atoms. The molecule has 0 amide bonds. The molecule has 1 unspecified atom stereocenters. The van der Waals surface area contributed by atoms with E-state index in [9.17, 15) is 4.79 Å². The van der Waals surface area contributed by atoms with Crippen molar-refractivity contribution in [2.45, 2.75) is 13.0 Å². The summed E-state index contributed by atoms with van der Waals surface area (Å²) in [6.45, 7) is 1.91. The van der Waals surface area contributed by atoms with Gasteiger partial charge in [-0.3, -0.25) is 4.79 Å². The Morgan fingerprint density at radius 1 is 1.36 bits per heavy atom. The molecule has 1 rings (SSSR count). The van der Waals surface area contributed by atoms with Crippen molar-refractivity contribution in [1.82, 2.24) is 0 Å². The number of rotatable bonds is 2. The topological polar surface area (TPSA) is 43.1 Å². The SMILES string of the molecule is CC(N)c1ccc(C=O)cc1. The van der Waals surface area contributed by atoms with Crippen LogP contribution >= 0.6 is 0 Å². The smallest absolute Gasteiger partial charge is 0.150 e. The third kappa shape index (κ3) is 1.88. The molecular weight excluding hydrogens is 138 g/mol. The van der Waals surface area contributed by atoms with Crippen molar-refractivity contribution in [2.24, 2.45) is 5.73 Å². The zero-order valence-electron chi connectivity index (χ0n) is 6.45. The standard InChI is InChI=1S/C9H11NO/c1-7(10)9-4-2-8(6-11)3-5-9/h2-7H,10H2,1H3. The Morgan fingerprint density at radius 2 is 1.91 bits per heavy atom. The molecule has 0 heterocycles. The third-order valence-electron chi connectivity index (χ3n) is 1.60. The van der Waals surface area contributed by atoms with Gasteiger partial charge >= 0.3 is 0 Å². The second-order valence-electron chi connectivity index (χ2n) is 2.57. The lowest BCUT2D eigenvalue weighted by atomic mass is 10.1.